The van der Waals surface area contributed by atoms with Gasteiger partial charge in [-0.25, -0.2) is 0 Å². The minimum absolute atomic E-state index is 0.0762. The lowest BCUT2D eigenvalue weighted by Crippen LogP contribution is -2.30. The van der Waals surface area contributed by atoms with Gasteiger partial charge in [0, 0.05) is 19.3 Å². The largest absolute Gasteiger partial charge is 0.462 e. The molecular weight excluding hydrogens is 889 g/mol. The number of esters is 3. The SMILES string of the molecule is CC/C=C\C/C=C\C/C=C\C/C=C\C/C=C\C/C=C\C/C=C\CCCCCCCCCC(=O)OCC(COC(=O)CCCCCCCCCC)OC(=O)CCCCCCCCCCCCCCCCCCC. The highest BCUT2D eigenvalue weighted by atomic mass is 16.6. The number of allylic oxidation sites excluding steroid dienone is 14. The average Bonchev–Trinajstić information content (AvgIpc) is 3.38. The van der Waals surface area contributed by atoms with Crippen LogP contribution in [0.25, 0.3) is 0 Å². The minimum Gasteiger partial charge on any atom is -0.462 e. The molecule has 414 valence electrons. The van der Waals surface area contributed by atoms with Crippen molar-refractivity contribution in [2.75, 3.05) is 13.2 Å². The quantitative estimate of drug-likeness (QED) is 0.0261. The summed E-state index contributed by atoms with van der Waals surface area (Å²) in [5, 5.41) is 0. The molecule has 0 amide bonds. The highest BCUT2D eigenvalue weighted by Gasteiger charge is 2.19. The Morgan fingerprint density at radius 3 is 0.847 bits per heavy atom. The molecule has 0 bridgehead atoms. The maximum Gasteiger partial charge on any atom is 0.306 e. The van der Waals surface area contributed by atoms with Crippen LogP contribution < -0.4 is 0 Å². The number of rotatable bonds is 55. The minimum atomic E-state index is -0.777. The summed E-state index contributed by atoms with van der Waals surface area (Å²) in [6.07, 6.45) is 78.8. The molecule has 6 heteroatoms. The standard InChI is InChI=1S/C66H114O6/c1-4-7-10-13-16-19-21-23-25-27-28-29-30-31-32-33-34-35-36-37-38-40-41-43-45-47-50-53-56-59-65(68)71-62-63(61-70-64(67)58-55-52-49-18-15-12-9-6-3)72-66(69)60-57-54-51-48-46-44-42-39-26-24-22-20-17-14-11-8-5-2/h7,10,16,19,23,25,28-29,31-32,34-35,37-38,63H,4-6,8-9,11-15,17-18,20-22,24,26-27,30,33,36,39-62H2,1-3H3/b10-7-,19-16-,25-23-,29-28-,32-31-,35-34-,38-37-. The van der Waals surface area contributed by atoms with Crippen molar-refractivity contribution >= 4 is 17.9 Å². The number of carbonyl (C=O) groups excluding carboxylic acids is 3. The van der Waals surface area contributed by atoms with Gasteiger partial charge in [0.15, 0.2) is 6.10 Å². The van der Waals surface area contributed by atoms with Crippen molar-refractivity contribution in [1.29, 1.82) is 0 Å². The highest BCUT2D eigenvalue weighted by Crippen LogP contribution is 2.16. The van der Waals surface area contributed by atoms with Crippen molar-refractivity contribution in [3.63, 3.8) is 0 Å². The Kier molecular flexibility index (Phi) is 57.3. The first-order chi connectivity index (χ1) is 35.5. The third-order valence-corrected chi connectivity index (χ3v) is 13.2. The first kappa shape index (κ1) is 68.6. The molecule has 1 atom stereocenters. The molecule has 0 rings (SSSR count). The van der Waals surface area contributed by atoms with Crippen LogP contribution in [0.1, 0.15) is 297 Å². The van der Waals surface area contributed by atoms with E-state index in [1.165, 1.54) is 148 Å². The zero-order chi connectivity index (χ0) is 52.2. The number of ether oxygens (including phenoxy) is 3. The topological polar surface area (TPSA) is 78.9 Å². The molecule has 0 N–H and O–H groups in total. The Labute approximate surface area is 445 Å². The van der Waals surface area contributed by atoms with Crippen molar-refractivity contribution in [2.45, 2.75) is 303 Å². The van der Waals surface area contributed by atoms with E-state index in [9.17, 15) is 14.4 Å². The molecule has 6 nitrogen and oxygen atoms in total. The van der Waals surface area contributed by atoms with Crippen molar-refractivity contribution in [1.82, 2.24) is 0 Å². The molecule has 0 aromatic rings. The van der Waals surface area contributed by atoms with Crippen LogP contribution in [0.15, 0.2) is 85.1 Å². The monoisotopic (exact) mass is 1000 g/mol. The molecule has 0 radical (unpaired) electrons. The Balaban J connectivity index is 4.20. The van der Waals surface area contributed by atoms with E-state index in [-0.39, 0.29) is 31.1 Å². The average molecular weight is 1000 g/mol. The zero-order valence-electron chi connectivity index (χ0n) is 47.4. The van der Waals surface area contributed by atoms with E-state index >= 15 is 0 Å². The fourth-order valence-corrected chi connectivity index (χ4v) is 8.60. The molecule has 72 heavy (non-hydrogen) atoms. The van der Waals surface area contributed by atoms with E-state index < -0.39 is 6.10 Å². The molecule has 0 saturated heterocycles. The van der Waals surface area contributed by atoms with Gasteiger partial charge in [-0.2, -0.15) is 0 Å². The predicted molar refractivity (Wildman–Crippen MR) is 311 cm³/mol. The van der Waals surface area contributed by atoms with Gasteiger partial charge >= 0.3 is 17.9 Å². The first-order valence-corrected chi connectivity index (χ1v) is 30.6. The van der Waals surface area contributed by atoms with Gasteiger partial charge in [0.05, 0.1) is 0 Å². The third-order valence-electron chi connectivity index (χ3n) is 13.2. The zero-order valence-corrected chi connectivity index (χ0v) is 47.4. The Bertz CT molecular complexity index is 1380. The van der Waals surface area contributed by atoms with Crippen LogP contribution in [0.3, 0.4) is 0 Å². The van der Waals surface area contributed by atoms with Gasteiger partial charge in [-0.3, -0.25) is 14.4 Å². The molecule has 0 fully saturated rings. The predicted octanol–water partition coefficient (Wildman–Crippen LogP) is 20.7. The van der Waals surface area contributed by atoms with Gasteiger partial charge < -0.3 is 14.2 Å². The maximum atomic E-state index is 12.8. The first-order valence-electron chi connectivity index (χ1n) is 30.6. The number of hydrogen-bond acceptors (Lipinski definition) is 6. The van der Waals surface area contributed by atoms with Crippen molar-refractivity contribution < 1.29 is 28.6 Å². The molecule has 0 aliphatic heterocycles. The summed E-state index contributed by atoms with van der Waals surface area (Å²) in [5.74, 6) is -0.881. The van der Waals surface area contributed by atoms with Gasteiger partial charge in [-0.05, 0) is 77.0 Å². The van der Waals surface area contributed by atoms with E-state index in [0.29, 0.717) is 19.3 Å². The van der Waals surface area contributed by atoms with Crippen LogP contribution in [0, 0.1) is 0 Å². The lowest BCUT2D eigenvalue weighted by atomic mass is 10.0. The normalized spacial score (nSPS) is 12.7. The summed E-state index contributed by atoms with van der Waals surface area (Å²) in [7, 11) is 0. The van der Waals surface area contributed by atoms with Crippen LogP contribution in [0.2, 0.25) is 0 Å². The Morgan fingerprint density at radius 1 is 0.292 bits per heavy atom. The van der Waals surface area contributed by atoms with Crippen LogP contribution in [0.5, 0.6) is 0 Å². The lowest BCUT2D eigenvalue weighted by molar-refractivity contribution is -0.167. The fraction of sp³-hybridized carbons (Fsp3) is 0.742. The van der Waals surface area contributed by atoms with Crippen LogP contribution in [-0.4, -0.2) is 37.2 Å². The summed E-state index contributed by atoms with van der Waals surface area (Å²) in [6.45, 7) is 6.51. The van der Waals surface area contributed by atoms with Crippen LogP contribution >= 0.6 is 0 Å². The summed E-state index contributed by atoms with van der Waals surface area (Å²) >= 11 is 0. The molecule has 0 aliphatic rings. The van der Waals surface area contributed by atoms with Crippen molar-refractivity contribution in [2.24, 2.45) is 0 Å². The summed E-state index contributed by atoms with van der Waals surface area (Å²) in [5.41, 5.74) is 0. The van der Waals surface area contributed by atoms with Crippen molar-refractivity contribution in [3.8, 4) is 0 Å². The van der Waals surface area contributed by atoms with Gasteiger partial charge in [-0.15, -0.1) is 0 Å². The second-order valence-corrected chi connectivity index (χ2v) is 20.2. The summed E-state index contributed by atoms with van der Waals surface area (Å²) < 4.78 is 16.8. The van der Waals surface area contributed by atoms with Crippen molar-refractivity contribution in [3.05, 3.63) is 85.1 Å². The second kappa shape index (κ2) is 60.1. The summed E-state index contributed by atoms with van der Waals surface area (Å²) in [4.78, 5) is 38.1. The fourth-order valence-electron chi connectivity index (χ4n) is 8.60. The van der Waals surface area contributed by atoms with Gasteiger partial charge in [-0.1, -0.05) is 286 Å². The smallest absolute Gasteiger partial charge is 0.306 e. The molecule has 0 aliphatic carbocycles. The van der Waals surface area contributed by atoms with E-state index in [4.69, 9.17) is 14.2 Å². The Morgan fingerprint density at radius 2 is 0.542 bits per heavy atom. The second-order valence-electron chi connectivity index (χ2n) is 20.2. The molecule has 0 aromatic heterocycles. The molecule has 0 saturated carbocycles. The van der Waals surface area contributed by atoms with E-state index in [1.54, 1.807) is 0 Å². The van der Waals surface area contributed by atoms with E-state index in [0.717, 1.165) is 109 Å². The maximum absolute atomic E-state index is 12.8. The lowest BCUT2D eigenvalue weighted by Gasteiger charge is -2.18. The molecular formula is C66H114O6. The molecule has 0 spiro atoms. The molecule has 0 heterocycles. The molecule has 1 unspecified atom stereocenters. The van der Waals surface area contributed by atoms with Crippen LogP contribution in [-0.2, 0) is 28.6 Å². The number of unbranched alkanes of at least 4 members (excludes halogenated alkanes) is 30. The van der Waals surface area contributed by atoms with Gasteiger partial charge in [0.1, 0.15) is 13.2 Å². The van der Waals surface area contributed by atoms with E-state index in [1.807, 2.05) is 0 Å². The van der Waals surface area contributed by atoms with Crippen LogP contribution in [0.4, 0.5) is 0 Å². The van der Waals surface area contributed by atoms with E-state index in [2.05, 4.69) is 106 Å². The molecule has 0 aromatic carbocycles. The van der Waals surface area contributed by atoms with Gasteiger partial charge in [0.2, 0.25) is 0 Å². The Hall–Kier alpha value is -3.41. The number of carbonyl (C=O) groups is 3. The van der Waals surface area contributed by atoms with Gasteiger partial charge in [0.25, 0.3) is 0 Å². The summed E-state index contributed by atoms with van der Waals surface area (Å²) in [6, 6.07) is 0. The highest BCUT2D eigenvalue weighted by molar-refractivity contribution is 5.71. The third kappa shape index (κ3) is 57.5. The number of hydrogen-bond donors (Lipinski definition) is 0.